The van der Waals surface area contributed by atoms with Gasteiger partial charge in [-0.05, 0) is 39.5 Å². The zero-order chi connectivity index (χ0) is 19.3. The van der Waals surface area contributed by atoms with Gasteiger partial charge in [0.1, 0.15) is 0 Å². The number of allylic oxidation sites excluding steroid dienone is 1. The molecule has 0 radical (unpaired) electrons. The molecule has 0 aromatic heterocycles. The van der Waals surface area contributed by atoms with Crippen molar-refractivity contribution in [2.75, 3.05) is 0 Å². The number of Topliss-reactive ketones (excluding diaryl/α,β-unsaturated/α-hetero) is 1. The van der Waals surface area contributed by atoms with Crippen LogP contribution in [0.3, 0.4) is 0 Å². The molecule has 0 saturated heterocycles. The Morgan fingerprint density at radius 3 is 1.96 bits per heavy atom. The SMILES string of the molecule is C=C(Cc1ccc2ccccc2c1CC(=O)c1ccccc1)c1ccccc1. The number of fused-ring (bicyclic) bond motifs is 1. The highest BCUT2D eigenvalue weighted by molar-refractivity contribution is 6.00. The van der Waals surface area contributed by atoms with Crippen LogP contribution in [0.4, 0.5) is 0 Å². The fourth-order valence-corrected chi connectivity index (χ4v) is 3.65. The lowest BCUT2D eigenvalue weighted by Crippen LogP contribution is -2.07. The van der Waals surface area contributed by atoms with Gasteiger partial charge in [0.25, 0.3) is 0 Å². The molecule has 0 unspecified atom stereocenters. The summed E-state index contributed by atoms with van der Waals surface area (Å²) in [5, 5.41) is 2.30. The molecule has 0 aliphatic carbocycles. The van der Waals surface area contributed by atoms with Gasteiger partial charge < -0.3 is 0 Å². The summed E-state index contributed by atoms with van der Waals surface area (Å²) in [6.07, 6.45) is 1.12. The first-order valence-electron chi connectivity index (χ1n) is 9.53. The van der Waals surface area contributed by atoms with Gasteiger partial charge in [-0.1, -0.05) is 104 Å². The molecule has 0 fully saturated rings. The van der Waals surface area contributed by atoms with Crippen LogP contribution in [0.2, 0.25) is 0 Å². The zero-order valence-electron chi connectivity index (χ0n) is 15.8. The quantitative estimate of drug-likeness (QED) is 0.357. The van der Waals surface area contributed by atoms with Crippen LogP contribution < -0.4 is 0 Å². The maximum atomic E-state index is 12.9. The van der Waals surface area contributed by atoms with Crippen LogP contribution in [-0.4, -0.2) is 5.78 Å². The molecule has 0 bridgehead atoms. The molecule has 28 heavy (non-hydrogen) atoms. The van der Waals surface area contributed by atoms with E-state index in [-0.39, 0.29) is 5.78 Å². The van der Waals surface area contributed by atoms with E-state index in [1.165, 1.54) is 0 Å². The maximum absolute atomic E-state index is 12.9. The first-order valence-corrected chi connectivity index (χ1v) is 9.53. The lowest BCUT2D eigenvalue weighted by atomic mass is 9.89. The van der Waals surface area contributed by atoms with E-state index in [2.05, 4.69) is 43.0 Å². The largest absolute Gasteiger partial charge is 0.294 e. The third kappa shape index (κ3) is 3.79. The van der Waals surface area contributed by atoms with Crippen molar-refractivity contribution >= 4 is 22.1 Å². The van der Waals surface area contributed by atoms with Crippen molar-refractivity contribution in [1.82, 2.24) is 0 Å². The van der Waals surface area contributed by atoms with Gasteiger partial charge in [0, 0.05) is 12.0 Å². The molecule has 136 valence electrons. The summed E-state index contributed by atoms with van der Waals surface area (Å²) in [5.74, 6) is 0.142. The molecular weight excluding hydrogens is 340 g/mol. The van der Waals surface area contributed by atoms with Crippen LogP contribution in [0.1, 0.15) is 27.0 Å². The number of hydrogen-bond donors (Lipinski definition) is 0. The Kier molecular flexibility index (Phi) is 5.16. The van der Waals surface area contributed by atoms with Crippen molar-refractivity contribution in [2.45, 2.75) is 12.8 Å². The summed E-state index contributed by atoms with van der Waals surface area (Å²) in [6, 6.07) is 32.3. The fourth-order valence-electron chi connectivity index (χ4n) is 3.65. The molecule has 1 nitrogen and oxygen atoms in total. The smallest absolute Gasteiger partial charge is 0.167 e. The van der Waals surface area contributed by atoms with Crippen molar-refractivity contribution in [1.29, 1.82) is 0 Å². The van der Waals surface area contributed by atoms with Crippen LogP contribution in [-0.2, 0) is 12.8 Å². The van der Waals surface area contributed by atoms with Gasteiger partial charge >= 0.3 is 0 Å². The molecule has 0 heterocycles. The monoisotopic (exact) mass is 362 g/mol. The van der Waals surface area contributed by atoms with Crippen molar-refractivity contribution < 1.29 is 4.79 Å². The Hall–Kier alpha value is -3.45. The van der Waals surface area contributed by atoms with Crippen LogP contribution in [0.25, 0.3) is 16.3 Å². The Morgan fingerprint density at radius 1 is 0.643 bits per heavy atom. The van der Waals surface area contributed by atoms with Crippen molar-refractivity contribution in [3.05, 3.63) is 126 Å². The van der Waals surface area contributed by atoms with Gasteiger partial charge in [0.15, 0.2) is 5.78 Å². The number of ketones is 1. The molecule has 4 aromatic rings. The molecule has 0 amide bonds. The van der Waals surface area contributed by atoms with Crippen molar-refractivity contribution in [3.63, 3.8) is 0 Å². The fraction of sp³-hybridized carbons (Fsp3) is 0.0741. The second-order valence-corrected chi connectivity index (χ2v) is 7.04. The molecule has 0 spiro atoms. The second-order valence-electron chi connectivity index (χ2n) is 7.04. The average Bonchev–Trinajstić information content (AvgIpc) is 2.76. The Morgan fingerprint density at radius 2 is 1.25 bits per heavy atom. The van der Waals surface area contributed by atoms with E-state index >= 15 is 0 Å². The topological polar surface area (TPSA) is 17.1 Å². The standard InChI is InChI=1S/C27H22O/c1-20(21-10-4-2-5-11-21)18-24-17-16-22-12-8-9-15-25(22)26(24)19-27(28)23-13-6-3-7-14-23/h2-17H,1,18-19H2. The van der Waals surface area contributed by atoms with E-state index in [4.69, 9.17) is 0 Å². The number of carbonyl (C=O) groups excluding carboxylic acids is 1. The molecule has 0 aliphatic rings. The van der Waals surface area contributed by atoms with Gasteiger partial charge in [-0.15, -0.1) is 0 Å². The van der Waals surface area contributed by atoms with E-state index in [1.54, 1.807) is 0 Å². The van der Waals surface area contributed by atoms with Crippen LogP contribution in [0.15, 0.2) is 104 Å². The van der Waals surface area contributed by atoms with Gasteiger partial charge in [-0.3, -0.25) is 4.79 Å². The van der Waals surface area contributed by atoms with Gasteiger partial charge in [0.05, 0.1) is 0 Å². The molecular formula is C27H22O. The van der Waals surface area contributed by atoms with E-state index < -0.39 is 0 Å². The lowest BCUT2D eigenvalue weighted by Gasteiger charge is -2.15. The zero-order valence-corrected chi connectivity index (χ0v) is 15.8. The van der Waals surface area contributed by atoms with E-state index in [0.29, 0.717) is 6.42 Å². The van der Waals surface area contributed by atoms with Crippen LogP contribution >= 0.6 is 0 Å². The predicted octanol–water partition coefficient (Wildman–Crippen LogP) is 6.52. The number of benzene rings is 4. The Balaban J connectivity index is 1.73. The first-order chi connectivity index (χ1) is 13.7. The maximum Gasteiger partial charge on any atom is 0.167 e. The van der Waals surface area contributed by atoms with E-state index in [0.717, 1.165) is 45.0 Å². The minimum Gasteiger partial charge on any atom is -0.294 e. The minimum atomic E-state index is 0.142. The van der Waals surface area contributed by atoms with Crippen molar-refractivity contribution in [2.24, 2.45) is 0 Å². The van der Waals surface area contributed by atoms with Gasteiger partial charge in [-0.2, -0.15) is 0 Å². The first kappa shape index (κ1) is 17.9. The molecule has 0 saturated carbocycles. The highest BCUT2D eigenvalue weighted by Gasteiger charge is 2.14. The lowest BCUT2D eigenvalue weighted by molar-refractivity contribution is 0.0993. The average molecular weight is 362 g/mol. The molecule has 4 aromatic carbocycles. The number of hydrogen-bond acceptors (Lipinski definition) is 1. The highest BCUT2D eigenvalue weighted by Crippen LogP contribution is 2.28. The van der Waals surface area contributed by atoms with Gasteiger partial charge in [-0.25, -0.2) is 0 Å². The summed E-state index contributed by atoms with van der Waals surface area (Å²) in [4.78, 5) is 12.9. The van der Waals surface area contributed by atoms with Crippen LogP contribution in [0.5, 0.6) is 0 Å². The van der Waals surface area contributed by atoms with Crippen LogP contribution in [0, 0.1) is 0 Å². The molecule has 0 atom stereocenters. The summed E-state index contributed by atoms with van der Waals surface area (Å²) < 4.78 is 0. The van der Waals surface area contributed by atoms with E-state index in [9.17, 15) is 4.79 Å². The molecule has 4 rings (SSSR count). The Labute approximate surface area is 166 Å². The summed E-state index contributed by atoms with van der Waals surface area (Å²) in [6.45, 7) is 4.29. The van der Waals surface area contributed by atoms with E-state index in [1.807, 2.05) is 60.7 Å². The van der Waals surface area contributed by atoms with Gasteiger partial charge in [0.2, 0.25) is 0 Å². The molecule has 0 N–H and O–H groups in total. The minimum absolute atomic E-state index is 0.142. The molecule has 0 aliphatic heterocycles. The Bertz CT molecular complexity index is 1120. The normalized spacial score (nSPS) is 10.7. The predicted molar refractivity (Wildman–Crippen MR) is 118 cm³/mol. The van der Waals surface area contributed by atoms with Crippen molar-refractivity contribution in [3.8, 4) is 0 Å². The highest BCUT2D eigenvalue weighted by atomic mass is 16.1. The third-order valence-corrected chi connectivity index (χ3v) is 5.16. The summed E-state index contributed by atoms with van der Waals surface area (Å²) >= 11 is 0. The summed E-state index contributed by atoms with van der Waals surface area (Å²) in [7, 11) is 0. The number of carbonyl (C=O) groups is 1. The third-order valence-electron chi connectivity index (χ3n) is 5.16. The molecule has 1 heteroatoms. The number of rotatable bonds is 6. The second kappa shape index (κ2) is 8.06. The summed E-state index contributed by atoms with van der Waals surface area (Å²) in [5.41, 5.74) is 5.21.